The molecule has 0 aliphatic heterocycles. The molecule has 0 aromatic rings. The molecule has 5 heteroatoms. The molecule has 0 spiro atoms. The van der Waals surface area contributed by atoms with Crippen LogP contribution in [0.15, 0.2) is 0 Å². The number of hydrogen-bond donors (Lipinski definition) is 0. The molecule has 0 heterocycles. The number of alkyl halides is 3. The summed E-state index contributed by atoms with van der Waals surface area (Å²) in [6.07, 6.45) is -3.18. The lowest BCUT2D eigenvalue weighted by Crippen LogP contribution is -2.44. The van der Waals surface area contributed by atoms with E-state index in [4.69, 9.17) is 4.74 Å². The van der Waals surface area contributed by atoms with Gasteiger partial charge in [0.1, 0.15) is 5.60 Å². The lowest BCUT2D eigenvalue weighted by atomic mass is 9.78. The Bertz CT molecular complexity index is 327. The molecular formula is C15H25F3O2. The Morgan fingerprint density at radius 2 is 1.75 bits per heavy atom. The van der Waals surface area contributed by atoms with Crippen LogP contribution in [-0.2, 0) is 9.53 Å². The van der Waals surface area contributed by atoms with Gasteiger partial charge in [-0.25, -0.2) is 0 Å². The molecule has 0 bridgehead atoms. The minimum Gasteiger partial charge on any atom is -0.367 e. The summed E-state index contributed by atoms with van der Waals surface area (Å²) in [5, 5.41) is 0. The van der Waals surface area contributed by atoms with E-state index in [9.17, 15) is 18.0 Å². The highest BCUT2D eigenvalue weighted by atomic mass is 19.4. The van der Waals surface area contributed by atoms with Gasteiger partial charge in [-0.1, -0.05) is 27.7 Å². The highest BCUT2D eigenvalue weighted by Crippen LogP contribution is 2.42. The summed E-state index contributed by atoms with van der Waals surface area (Å²) in [5.41, 5.74) is -1.12. The normalized spacial score (nSPS) is 28.7. The van der Waals surface area contributed by atoms with Crippen LogP contribution >= 0.6 is 0 Å². The molecule has 1 aliphatic rings. The Balaban J connectivity index is 2.62. The maximum Gasteiger partial charge on any atom is 0.391 e. The van der Waals surface area contributed by atoms with E-state index >= 15 is 0 Å². The summed E-state index contributed by atoms with van der Waals surface area (Å²) in [6, 6.07) is 0. The summed E-state index contributed by atoms with van der Waals surface area (Å²) in [5.74, 6) is -0.921. The molecule has 0 aromatic carbocycles. The zero-order valence-electron chi connectivity index (χ0n) is 12.7. The van der Waals surface area contributed by atoms with Crippen molar-refractivity contribution in [1.82, 2.24) is 0 Å². The van der Waals surface area contributed by atoms with E-state index in [-0.39, 0.29) is 31.1 Å². The SMILES string of the molecule is CC(C)C(C)(C)COC1(C=O)CCC(C(F)(F)F)CC1. The predicted molar refractivity (Wildman–Crippen MR) is 71.4 cm³/mol. The summed E-state index contributed by atoms with van der Waals surface area (Å²) < 4.78 is 43.7. The third-order valence-corrected chi connectivity index (χ3v) is 4.80. The van der Waals surface area contributed by atoms with Crippen LogP contribution in [0.2, 0.25) is 0 Å². The fourth-order valence-electron chi connectivity index (χ4n) is 2.23. The molecular weight excluding hydrogens is 269 g/mol. The van der Waals surface area contributed by atoms with Gasteiger partial charge < -0.3 is 9.53 Å². The van der Waals surface area contributed by atoms with Gasteiger partial charge in [-0.3, -0.25) is 0 Å². The summed E-state index contributed by atoms with van der Waals surface area (Å²) in [6.45, 7) is 8.60. The third-order valence-electron chi connectivity index (χ3n) is 4.80. The number of carbonyl (C=O) groups is 1. The summed E-state index contributed by atoms with van der Waals surface area (Å²) in [4.78, 5) is 11.3. The van der Waals surface area contributed by atoms with Crippen LogP contribution in [0.5, 0.6) is 0 Å². The van der Waals surface area contributed by atoms with Crippen molar-refractivity contribution in [2.75, 3.05) is 6.61 Å². The molecule has 0 N–H and O–H groups in total. The zero-order valence-corrected chi connectivity index (χ0v) is 12.7. The van der Waals surface area contributed by atoms with Gasteiger partial charge in [-0.2, -0.15) is 13.2 Å². The second kappa shape index (κ2) is 6.04. The monoisotopic (exact) mass is 294 g/mol. The van der Waals surface area contributed by atoms with Crippen LogP contribution in [0, 0.1) is 17.3 Å². The topological polar surface area (TPSA) is 26.3 Å². The first-order valence-corrected chi connectivity index (χ1v) is 7.19. The van der Waals surface area contributed by atoms with Crippen LogP contribution in [-0.4, -0.2) is 24.7 Å². The minimum atomic E-state index is -4.16. The van der Waals surface area contributed by atoms with E-state index < -0.39 is 17.7 Å². The molecule has 1 rings (SSSR count). The molecule has 0 atom stereocenters. The molecule has 2 nitrogen and oxygen atoms in total. The predicted octanol–water partition coefficient (Wildman–Crippen LogP) is 4.38. The van der Waals surface area contributed by atoms with Crippen LogP contribution in [0.1, 0.15) is 53.4 Å². The second-order valence-corrected chi connectivity index (χ2v) is 6.93. The van der Waals surface area contributed by atoms with Crippen molar-refractivity contribution < 1.29 is 22.7 Å². The van der Waals surface area contributed by atoms with Crippen LogP contribution in [0.4, 0.5) is 13.2 Å². The third kappa shape index (κ3) is 4.21. The maximum absolute atomic E-state index is 12.6. The Morgan fingerprint density at radius 1 is 1.25 bits per heavy atom. The average Bonchev–Trinajstić information content (AvgIpc) is 2.36. The zero-order chi connectivity index (χ0) is 15.6. The van der Waals surface area contributed by atoms with E-state index in [1.807, 2.05) is 13.8 Å². The minimum absolute atomic E-state index is 0.0235. The second-order valence-electron chi connectivity index (χ2n) is 6.93. The molecule has 0 aromatic heterocycles. The highest BCUT2D eigenvalue weighted by molar-refractivity contribution is 5.62. The van der Waals surface area contributed by atoms with E-state index in [0.717, 1.165) is 0 Å². The summed E-state index contributed by atoms with van der Waals surface area (Å²) in [7, 11) is 0. The van der Waals surface area contributed by atoms with Gasteiger partial charge in [-0.05, 0) is 37.0 Å². The number of hydrogen-bond acceptors (Lipinski definition) is 2. The standard InChI is InChI=1S/C15H25F3O2/c1-11(2)13(3,4)10-20-14(9-19)7-5-12(6-8-14)15(16,17)18/h9,11-12H,5-8,10H2,1-4H3. The molecule has 0 saturated heterocycles. The van der Waals surface area contributed by atoms with E-state index in [2.05, 4.69) is 13.8 Å². The van der Waals surface area contributed by atoms with E-state index in [1.165, 1.54) is 0 Å². The van der Waals surface area contributed by atoms with Gasteiger partial charge in [0.2, 0.25) is 0 Å². The Morgan fingerprint density at radius 3 is 2.10 bits per heavy atom. The Labute approximate surface area is 119 Å². The van der Waals surface area contributed by atoms with Crippen molar-refractivity contribution >= 4 is 6.29 Å². The van der Waals surface area contributed by atoms with Crippen molar-refractivity contribution in [3.8, 4) is 0 Å². The van der Waals surface area contributed by atoms with Gasteiger partial charge >= 0.3 is 6.18 Å². The quantitative estimate of drug-likeness (QED) is 0.704. The van der Waals surface area contributed by atoms with Crippen molar-refractivity contribution in [1.29, 1.82) is 0 Å². The lowest BCUT2D eigenvalue weighted by molar-refractivity contribution is -0.198. The van der Waals surface area contributed by atoms with Gasteiger partial charge in [0.25, 0.3) is 0 Å². The molecule has 0 amide bonds. The number of halogens is 3. The van der Waals surface area contributed by atoms with E-state index in [0.29, 0.717) is 18.8 Å². The van der Waals surface area contributed by atoms with Crippen molar-refractivity contribution in [2.45, 2.75) is 65.2 Å². The molecule has 118 valence electrons. The average molecular weight is 294 g/mol. The molecule has 0 unspecified atom stereocenters. The highest BCUT2D eigenvalue weighted by Gasteiger charge is 2.46. The smallest absolute Gasteiger partial charge is 0.367 e. The molecule has 20 heavy (non-hydrogen) atoms. The number of aldehydes is 1. The fourth-order valence-corrected chi connectivity index (χ4v) is 2.23. The van der Waals surface area contributed by atoms with Crippen molar-refractivity contribution in [3.05, 3.63) is 0 Å². The first-order chi connectivity index (χ1) is 9.02. The lowest BCUT2D eigenvalue weighted by Gasteiger charge is -2.39. The molecule has 0 radical (unpaired) electrons. The van der Waals surface area contributed by atoms with Crippen LogP contribution in [0.25, 0.3) is 0 Å². The molecule has 1 fully saturated rings. The Hall–Kier alpha value is -0.580. The molecule has 1 aliphatic carbocycles. The number of carbonyl (C=O) groups excluding carboxylic acids is 1. The van der Waals surface area contributed by atoms with E-state index in [1.54, 1.807) is 0 Å². The molecule has 1 saturated carbocycles. The number of ether oxygens (including phenoxy) is 1. The van der Waals surface area contributed by atoms with Crippen molar-refractivity contribution in [3.63, 3.8) is 0 Å². The van der Waals surface area contributed by atoms with Gasteiger partial charge in [0.15, 0.2) is 6.29 Å². The van der Waals surface area contributed by atoms with Crippen LogP contribution in [0.3, 0.4) is 0 Å². The summed E-state index contributed by atoms with van der Waals surface area (Å²) >= 11 is 0. The van der Waals surface area contributed by atoms with Crippen molar-refractivity contribution in [2.24, 2.45) is 17.3 Å². The largest absolute Gasteiger partial charge is 0.391 e. The fraction of sp³-hybridized carbons (Fsp3) is 0.933. The first-order valence-electron chi connectivity index (χ1n) is 7.19. The van der Waals surface area contributed by atoms with Gasteiger partial charge in [0.05, 0.1) is 12.5 Å². The number of rotatable bonds is 5. The van der Waals surface area contributed by atoms with Gasteiger partial charge in [0, 0.05) is 0 Å². The first kappa shape index (κ1) is 17.5. The van der Waals surface area contributed by atoms with Crippen LogP contribution < -0.4 is 0 Å². The van der Waals surface area contributed by atoms with Gasteiger partial charge in [-0.15, -0.1) is 0 Å². The maximum atomic E-state index is 12.6. The Kier molecular flexibility index (Phi) is 5.28.